The van der Waals surface area contributed by atoms with Gasteiger partial charge in [-0.15, -0.1) is 0 Å². The molecule has 2 heterocycles. The lowest BCUT2D eigenvalue weighted by atomic mass is 10.4. The summed E-state index contributed by atoms with van der Waals surface area (Å²) in [4.78, 5) is 19.2. The van der Waals surface area contributed by atoms with Gasteiger partial charge in [-0.05, 0) is 6.92 Å². The first-order valence-electron chi connectivity index (χ1n) is 4.80. The maximum absolute atomic E-state index is 11.3. The summed E-state index contributed by atoms with van der Waals surface area (Å²) >= 11 is 0. The fraction of sp³-hybridized carbons (Fsp3) is 0.333. The highest BCUT2D eigenvalue weighted by Crippen LogP contribution is 2.12. The summed E-state index contributed by atoms with van der Waals surface area (Å²) in [6, 6.07) is 0. The zero-order valence-electron chi connectivity index (χ0n) is 9.38. The first kappa shape index (κ1) is 11.1. The summed E-state index contributed by atoms with van der Waals surface area (Å²) in [5.41, 5.74) is 5.82. The van der Waals surface area contributed by atoms with Crippen LogP contribution in [0.25, 0.3) is 0 Å². The van der Waals surface area contributed by atoms with E-state index in [-0.39, 0.29) is 18.1 Å². The van der Waals surface area contributed by atoms with Crippen LogP contribution in [0.1, 0.15) is 22.2 Å². The van der Waals surface area contributed by atoms with Crippen molar-refractivity contribution < 1.29 is 14.1 Å². The van der Waals surface area contributed by atoms with Crippen LogP contribution in [0.2, 0.25) is 0 Å². The van der Waals surface area contributed by atoms with Gasteiger partial charge in [-0.2, -0.15) is 4.98 Å². The Morgan fingerprint density at radius 2 is 2.41 bits per heavy atom. The number of ether oxygens (including phenoxy) is 1. The Labute approximate surface area is 96.4 Å². The molecule has 0 aliphatic rings. The molecule has 17 heavy (non-hydrogen) atoms. The van der Waals surface area contributed by atoms with Crippen LogP contribution in [0.5, 0.6) is 0 Å². The van der Waals surface area contributed by atoms with Crippen molar-refractivity contribution in [3.63, 3.8) is 0 Å². The average molecular weight is 237 g/mol. The number of hydrogen-bond acceptors (Lipinski definition) is 7. The van der Waals surface area contributed by atoms with Crippen LogP contribution in [0, 0.1) is 6.92 Å². The van der Waals surface area contributed by atoms with E-state index in [9.17, 15) is 4.79 Å². The summed E-state index contributed by atoms with van der Waals surface area (Å²) in [5.74, 6) is 0.547. The van der Waals surface area contributed by atoms with Crippen molar-refractivity contribution in [3.8, 4) is 0 Å². The number of hydrogen-bond donors (Lipinski definition) is 1. The van der Waals surface area contributed by atoms with Crippen molar-refractivity contribution in [2.24, 2.45) is 0 Å². The van der Waals surface area contributed by atoms with E-state index in [2.05, 4.69) is 19.9 Å². The van der Waals surface area contributed by atoms with Crippen molar-refractivity contribution >= 4 is 11.8 Å². The minimum atomic E-state index is -0.581. The van der Waals surface area contributed by atoms with E-state index in [0.717, 1.165) is 0 Å². The minimum absolute atomic E-state index is 0.0729. The van der Waals surface area contributed by atoms with Crippen LogP contribution in [-0.4, -0.2) is 32.8 Å². The lowest BCUT2D eigenvalue weighted by Crippen LogP contribution is -2.09. The number of aryl methyl sites for hydroxylation is 1. The predicted octanol–water partition coefficient (Wildman–Crippen LogP) is -0.00838. The molecule has 2 aromatic rings. The molecule has 90 valence electrons. The fourth-order valence-electron chi connectivity index (χ4n) is 1.32. The molecule has 0 aromatic carbocycles. The molecule has 2 rings (SSSR count). The lowest BCUT2D eigenvalue weighted by Gasteiger charge is -2.01. The summed E-state index contributed by atoms with van der Waals surface area (Å²) in [6.45, 7) is 1.97. The molecule has 0 spiro atoms. The van der Waals surface area contributed by atoms with E-state index in [1.165, 1.54) is 18.0 Å². The highest BCUT2D eigenvalue weighted by atomic mass is 16.5. The van der Waals surface area contributed by atoms with Crippen molar-refractivity contribution in [1.82, 2.24) is 19.7 Å². The molecule has 0 bridgehead atoms. The Bertz CT molecular complexity index is 545. The van der Waals surface area contributed by atoms with E-state index in [1.807, 2.05) is 0 Å². The first-order chi connectivity index (χ1) is 8.11. The molecule has 0 unspecified atom stereocenters. The lowest BCUT2D eigenvalue weighted by molar-refractivity contribution is 0.0596. The molecule has 0 fully saturated rings. The quantitative estimate of drug-likeness (QED) is 0.747. The summed E-state index contributed by atoms with van der Waals surface area (Å²) in [7, 11) is 1.27. The van der Waals surface area contributed by atoms with Gasteiger partial charge >= 0.3 is 5.97 Å². The molecule has 0 saturated carbocycles. The smallest absolute Gasteiger partial charge is 0.360 e. The zero-order valence-corrected chi connectivity index (χ0v) is 9.38. The largest absolute Gasteiger partial charge is 0.464 e. The summed E-state index contributed by atoms with van der Waals surface area (Å²) in [5, 5.41) is 3.65. The number of imidazole rings is 1. The average Bonchev–Trinajstić information content (AvgIpc) is 2.87. The molecule has 0 radical (unpaired) electrons. The van der Waals surface area contributed by atoms with Gasteiger partial charge in [0.15, 0.2) is 11.5 Å². The van der Waals surface area contributed by atoms with Gasteiger partial charge in [-0.1, -0.05) is 5.16 Å². The van der Waals surface area contributed by atoms with E-state index in [4.69, 9.17) is 10.3 Å². The number of anilines is 1. The molecular formula is C9H11N5O3. The number of esters is 1. The maximum atomic E-state index is 11.3. The number of carbonyl (C=O) groups is 1. The van der Waals surface area contributed by atoms with Gasteiger partial charge < -0.3 is 19.6 Å². The van der Waals surface area contributed by atoms with Gasteiger partial charge in [0.05, 0.1) is 13.4 Å². The third-order valence-electron chi connectivity index (χ3n) is 2.13. The molecule has 0 amide bonds. The van der Waals surface area contributed by atoms with Crippen molar-refractivity contribution in [1.29, 1.82) is 0 Å². The molecule has 8 heteroatoms. The summed E-state index contributed by atoms with van der Waals surface area (Å²) < 4.78 is 11.0. The third kappa shape index (κ3) is 2.10. The molecule has 8 nitrogen and oxygen atoms in total. The highest BCUT2D eigenvalue weighted by molar-refractivity contribution is 5.92. The maximum Gasteiger partial charge on any atom is 0.360 e. The van der Waals surface area contributed by atoms with Crippen molar-refractivity contribution in [2.45, 2.75) is 13.5 Å². The monoisotopic (exact) mass is 237 g/mol. The highest BCUT2D eigenvalue weighted by Gasteiger charge is 2.17. The first-order valence-corrected chi connectivity index (χ1v) is 4.80. The Morgan fingerprint density at radius 3 is 3.00 bits per heavy atom. The van der Waals surface area contributed by atoms with Crippen molar-refractivity contribution in [3.05, 3.63) is 23.7 Å². The van der Waals surface area contributed by atoms with E-state index >= 15 is 0 Å². The Kier molecular flexibility index (Phi) is 2.77. The van der Waals surface area contributed by atoms with Crippen LogP contribution in [0.15, 0.2) is 10.9 Å². The second-order valence-electron chi connectivity index (χ2n) is 3.33. The van der Waals surface area contributed by atoms with Crippen molar-refractivity contribution in [2.75, 3.05) is 12.8 Å². The second-order valence-corrected chi connectivity index (χ2v) is 3.33. The molecule has 0 saturated heterocycles. The standard InChI is InChI=1S/C9H11N5O3/c1-5-12-6(17-13-5)3-14-4-11-7(8(14)10)9(15)16-2/h4H,3,10H2,1-2H3. The Balaban J connectivity index is 2.23. The summed E-state index contributed by atoms with van der Waals surface area (Å²) in [6.07, 6.45) is 1.42. The zero-order chi connectivity index (χ0) is 12.4. The van der Waals surface area contributed by atoms with Crippen LogP contribution in [0.4, 0.5) is 5.82 Å². The van der Waals surface area contributed by atoms with Gasteiger partial charge in [0.25, 0.3) is 0 Å². The number of nitrogens with zero attached hydrogens (tertiary/aromatic N) is 4. The predicted molar refractivity (Wildman–Crippen MR) is 56.1 cm³/mol. The van der Waals surface area contributed by atoms with Gasteiger partial charge in [-0.25, -0.2) is 9.78 Å². The number of aromatic nitrogens is 4. The van der Waals surface area contributed by atoms with E-state index in [1.54, 1.807) is 6.92 Å². The van der Waals surface area contributed by atoms with Crippen LogP contribution < -0.4 is 5.73 Å². The van der Waals surface area contributed by atoms with E-state index in [0.29, 0.717) is 11.7 Å². The molecule has 0 aliphatic carbocycles. The molecule has 2 N–H and O–H groups in total. The number of methoxy groups -OCH3 is 1. The topological polar surface area (TPSA) is 109 Å². The van der Waals surface area contributed by atoms with E-state index < -0.39 is 5.97 Å². The molecule has 2 aromatic heterocycles. The Hall–Kier alpha value is -2.38. The van der Waals surface area contributed by atoms with Gasteiger partial charge in [0.2, 0.25) is 5.89 Å². The Morgan fingerprint density at radius 1 is 1.65 bits per heavy atom. The number of rotatable bonds is 3. The van der Waals surface area contributed by atoms with Gasteiger partial charge in [0, 0.05) is 0 Å². The number of nitrogen functional groups attached to an aromatic ring is 1. The minimum Gasteiger partial charge on any atom is -0.464 e. The molecule has 0 aliphatic heterocycles. The normalized spacial score (nSPS) is 10.5. The second kappa shape index (κ2) is 4.24. The van der Waals surface area contributed by atoms with Crippen LogP contribution >= 0.6 is 0 Å². The number of carbonyl (C=O) groups excluding carboxylic acids is 1. The number of nitrogens with two attached hydrogens (primary N) is 1. The molecule has 0 atom stereocenters. The van der Waals surface area contributed by atoms with Crippen LogP contribution in [0.3, 0.4) is 0 Å². The SMILES string of the molecule is COC(=O)c1ncn(Cc2nc(C)no2)c1N. The van der Waals surface area contributed by atoms with Gasteiger partial charge in [-0.3, -0.25) is 0 Å². The fourth-order valence-corrected chi connectivity index (χ4v) is 1.32. The van der Waals surface area contributed by atoms with Gasteiger partial charge in [0.1, 0.15) is 12.4 Å². The third-order valence-corrected chi connectivity index (χ3v) is 2.13. The van der Waals surface area contributed by atoms with Crippen LogP contribution in [-0.2, 0) is 11.3 Å². The molecular weight excluding hydrogens is 226 g/mol.